The second kappa shape index (κ2) is 7.41. The molecular weight excluding hydrogens is 348 g/mol. The Morgan fingerprint density at radius 2 is 1.85 bits per heavy atom. The maximum atomic E-state index is 12.9. The number of hydrogen-bond donors (Lipinski definition) is 0. The van der Waals surface area contributed by atoms with E-state index < -0.39 is 0 Å². The maximum Gasteiger partial charge on any atom is 0.265 e. The first-order chi connectivity index (χ1) is 12.7. The Kier molecular flexibility index (Phi) is 4.84. The Bertz CT molecular complexity index is 839. The van der Waals surface area contributed by atoms with E-state index in [1.807, 2.05) is 47.4 Å². The van der Waals surface area contributed by atoms with Crippen LogP contribution in [-0.2, 0) is 9.59 Å². The van der Waals surface area contributed by atoms with E-state index >= 15 is 0 Å². The average molecular weight is 368 g/mol. The second-order valence-corrected chi connectivity index (χ2v) is 7.40. The van der Waals surface area contributed by atoms with Crippen LogP contribution in [-0.4, -0.2) is 37.3 Å². The van der Waals surface area contributed by atoms with Crippen LogP contribution >= 0.6 is 11.8 Å². The van der Waals surface area contributed by atoms with Crippen molar-refractivity contribution in [2.24, 2.45) is 0 Å². The highest BCUT2D eigenvalue weighted by Gasteiger charge is 2.27. The number of nitrogens with zero attached hydrogens (tertiary/aromatic N) is 2. The van der Waals surface area contributed by atoms with Gasteiger partial charge in [0.1, 0.15) is 5.75 Å². The molecule has 2 aliphatic rings. The minimum absolute atomic E-state index is 0.0222. The van der Waals surface area contributed by atoms with Gasteiger partial charge in [-0.2, -0.15) is 0 Å². The molecule has 0 N–H and O–H groups in total. The molecule has 0 atom stereocenters. The van der Waals surface area contributed by atoms with E-state index in [2.05, 4.69) is 6.07 Å². The van der Waals surface area contributed by atoms with E-state index in [0.717, 1.165) is 35.0 Å². The van der Waals surface area contributed by atoms with Crippen molar-refractivity contribution in [3.05, 3.63) is 48.5 Å². The first-order valence-corrected chi connectivity index (χ1v) is 9.77. The zero-order valence-electron chi connectivity index (χ0n) is 14.4. The lowest BCUT2D eigenvalue weighted by Gasteiger charge is -2.30. The molecule has 2 aromatic rings. The van der Waals surface area contributed by atoms with Crippen LogP contribution in [0, 0.1) is 0 Å². The molecule has 0 radical (unpaired) electrons. The van der Waals surface area contributed by atoms with Gasteiger partial charge in [0.05, 0.1) is 11.4 Å². The molecular formula is C20H20N2O3S. The molecule has 0 aliphatic carbocycles. The van der Waals surface area contributed by atoms with Crippen LogP contribution < -0.4 is 14.5 Å². The van der Waals surface area contributed by atoms with Gasteiger partial charge in [0.25, 0.3) is 5.91 Å². The lowest BCUT2D eigenvalue weighted by molar-refractivity contribution is -0.121. The number of para-hydroxylation sites is 3. The summed E-state index contributed by atoms with van der Waals surface area (Å²) in [6.07, 6.45) is 1.25. The topological polar surface area (TPSA) is 49.9 Å². The van der Waals surface area contributed by atoms with Crippen molar-refractivity contribution in [3.8, 4) is 5.75 Å². The second-order valence-electron chi connectivity index (χ2n) is 6.27. The summed E-state index contributed by atoms with van der Waals surface area (Å²) in [5.74, 6) is 1.65. The van der Waals surface area contributed by atoms with Gasteiger partial charge in [-0.15, -0.1) is 11.8 Å². The third-order valence-corrected chi connectivity index (χ3v) is 5.75. The molecule has 26 heavy (non-hydrogen) atoms. The number of thioether (sulfide) groups is 1. The van der Waals surface area contributed by atoms with Gasteiger partial charge in [0.15, 0.2) is 6.61 Å². The number of hydrogen-bond acceptors (Lipinski definition) is 4. The summed E-state index contributed by atoms with van der Waals surface area (Å²) in [6, 6.07) is 15.5. The van der Waals surface area contributed by atoms with E-state index in [4.69, 9.17) is 4.74 Å². The van der Waals surface area contributed by atoms with Gasteiger partial charge in [-0.3, -0.25) is 9.59 Å². The minimum atomic E-state index is -0.108. The molecule has 2 amide bonds. The fourth-order valence-corrected chi connectivity index (χ4v) is 4.32. The number of fused-ring (bicyclic) bond motifs is 2. The predicted octanol–water partition coefficient (Wildman–Crippen LogP) is 3.33. The number of rotatable bonds is 3. The highest BCUT2D eigenvalue weighted by molar-refractivity contribution is 7.99. The molecule has 5 nitrogen and oxygen atoms in total. The molecule has 2 heterocycles. The van der Waals surface area contributed by atoms with Gasteiger partial charge in [-0.25, -0.2) is 0 Å². The quantitative estimate of drug-likeness (QED) is 0.834. The summed E-state index contributed by atoms with van der Waals surface area (Å²) in [5, 5.41) is 0. The summed E-state index contributed by atoms with van der Waals surface area (Å²) in [7, 11) is 0. The van der Waals surface area contributed by atoms with E-state index in [1.54, 1.807) is 16.7 Å². The molecule has 0 aromatic heterocycles. The van der Waals surface area contributed by atoms with Gasteiger partial charge in [-0.1, -0.05) is 24.3 Å². The molecule has 0 bridgehead atoms. The predicted molar refractivity (Wildman–Crippen MR) is 103 cm³/mol. The highest BCUT2D eigenvalue weighted by atomic mass is 32.2. The summed E-state index contributed by atoms with van der Waals surface area (Å²) >= 11 is 1.79. The Balaban J connectivity index is 1.50. The fraction of sp³-hybridized carbons (Fsp3) is 0.300. The van der Waals surface area contributed by atoms with Crippen molar-refractivity contribution in [3.63, 3.8) is 0 Å². The van der Waals surface area contributed by atoms with E-state index in [-0.39, 0.29) is 18.4 Å². The summed E-state index contributed by atoms with van der Waals surface area (Å²) in [4.78, 5) is 29.9. The molecule has 0 unspecified atom stereocenters. The van der Waals surface area contributed by atoms with Crippen LogP contribution in [0.1, 0.15) is 12.8 Å². The first kappa shape index (κ1) is 17.0. The van der Waals surface area contributed by atoms with Crippen LogP contribution in [0.3, 0.4) is 0 Å². The van der Waals surface area contributed by atoms with Crippen molar-refractivity contribution in [1.29, 1.82) is 0 Å². The van der Waals surface area contributed by atoms with E-state index in [9.17, 15) is 9.59 Å². The van der Waals surface area contributed by atoms with Gasteiger partial charge in [0, 0.05) is 24.4 Å². The van der Waals surface area contributed by atoms with Gasteiger partial charge >= 0.3 is 0 Å². The third-order valence-electron chi connectivity index (χ3n) is 4.60. The monoisotopic (exact) mass is 368 g/mol. The smallest absolute Gasteiger partial charge is 0.265 e. The Labute approximate surface area is 156 Å². The molecule has 2 aromatic carbocycles. The van der Waals surface area contributed by atoms with Crippen molar-refractivity contribution in [1.82, 2.24) is 0 Å². The van der Waals surface area contributed by atoms with Crippen LogP contribution in [0.25, 0.3) is 0 Å². The number of anilines is 2. The Hall–Kier alpha value is -2.47. The summed E-state index contributed by atoms with van der Waals surface area (Å²) < 4.78 is 5.46. The number of carbonyl (C=O) groups is 2. The largest absolute Gasteiger partial charge is 0.482 e. The van der Waals surface area contributed by atoms with E-state index in [0.29, 0.717) is 18.7 Å². The first-order valence-electron chi connectivity index (χ1n) is 8.78. The molecule has 0 spiro atoms. The summed E-state index contributed by atoms with van der Waals surface area (Å²) in [6.45, 7) is 1.11. The Morgan fingerprint density at radius 1 is 1.08 bits per heavy atom. The standard InChI is InChI=1S/C20H20N2O3S/c23-19(21-11-5-13-26-18-9-4-2-7-16(18)21)10-12-22-15-6-1-3-8-17(15)25-14-20(22)24/h1-4,6-9H,5,10-14H2. The number of benzene rings is 2. The zero-order chi connectivity index (χ0) is 17.9. The van der Waals surface area contributed by atoms with Crippen LogP contribution in [0.4, 0.5) is 11.4 Å². The normalized spacial score (nSPS) is 16.4. The third kappa shape index (κ3) is 3.29. The lowest BCUT2D eigenvalue weighted by Crippen LogP contribution is -2.42. The molecule has 6 heteroatoms. The van der Waals surface area contributed by atoms with Crippen LogP contribution in [0.5, 0.6) is 5.75 Å². The van der Waals surface area contributed by atoms with Gasteiger partial charge < -0.3 is 14.5 Å². The van der Waals surface area contributed by atoms with Crippen molar-refractivity contribution in [2.75, 3.05) is 35.2 Å². The van der Waals surface area contributed by atoms with Gasteiger partial charge in [-0.05, 0) is 36.4 Å². The highest BCUT2D eigenvalue weighted by Crippen LogP contribution is 2.34. The molecule has 0 saturated carbocycles. The number of carbonyl (C=O) groups excluding carboxylic acids is 2. The van der Waals surface area contributed by atoms with Crippen LogP contribution in [0.2, 0.25) is 0 Å². The van der Waals surface area contributed by atoms with Crippen molar-refractivity contribution < 1.29 is 14.3 Å². The molecule has 0 fully saturated rings. The van der Waals surface area contributed by atoms with Crippen molar-refractivity contribution >= 4 is 35.0 Å². The SMILES string of the molecule is O=C1COc2ccccc2N1CCC(=O)N1CCCSc2ccccc21. The van der Waals surface area contributed by atoms with Gasteiger partial charge in [0.2, 0.25) is 5.91 Å². The number of ether oxygens (including phenoxy) is 1. The lowest BCUT2D eigenvalue weighted by atomic mass is 10.2. The zero-order valence-corrected chi connectivity index (χ0v) is 15.2. The Morgan fingerprint density at radius 3 is 2.73 bits per heavy atom. The van der Waals surface area contributed by atoms with Crippen LogP contribution in [0.15, 0.2) is 53.4 Å². The number of amides is 2. The molecule has 4 rings (SSSR count). The molecule has 2 aliphatic heterocycles. The van der Waals surface area contributed by atoms with Crippen molar-refractivity contribution in [2.45, 2.75) is 17.7 Å². The minimum Gasteiger partial charge on any atom is -0.482 e. The molecule has 0 saturated heterocycles. The summed E-state index contributed by atoms with van der Waals surface area (Å²) in [5.41, 5.74) is 1.72. The molecule has 134 valence electrons. The maximum absolute atomic E-state index is 12.9. The fourth-order valence-electron chi connectivity index (χ4n) is 3.33. The van der Waals surface area contributed by atoms with E-state index in [1.165, 1.54) is 0 Å². The average Bonchev–Trinajstić information content (AvgIpc) is 2.89.